The van der Waals surface area contributed by atoms with Crippen molar-refractivity contribution in [2.75, 3.05) is 11.5 Å². The van der Waals surface area contributed by atoms with Gasteiger partial charge in [-0.15, -0.1) is 23.1 Å². The van der Waals surface area contributed by atoms with Crippen LogP contribution < -0.4 is 11.1 Å². The van der Waals surface area contributed by atoms with E-state index in [1.165, 1.54) is 31.4 Å². The highest BCUT2D eigenvalue weighted by Crippen LogP contribution is 2.41. The van der Waals surface area contributed by atoms with Crippen LogP contribution in [0.2, 0.25) is 0 Å². The van der Waals surface area contributed by atoms with Crippen LogP contribution in [-0.2, 0) is 24.0 Å². The van der Waals surface area contributed by atoms with Crippen molar-refractivity contribution in [3.8, 4) is 0 Å². The van der Waals surface area contributed by atoms with E-state index in [4.69, 9.17) is 10.6 Å². The largest absolute Gasteiger partial charge is 0.478 e. The number of carbonyl (C=O) groups is 4. The first-order valence-corrected chi connectivity index (χ1v) is 14.1. The number of nitrogen functional groups attached to an aromatic ring is 1. The molecule has 2 amide bonds. The Morgan fingerprint density at radius 1 is 1.23 bits per heavy atom. The molecule has 1 aromatic heterocycles. The van der Waals surface area contributed by atoms with Crippen molar-refractivity contribution in [2.45, 2.75) is 30.9 Å². The van der Waals surface area contributed by atoms with E-state index in [2.05, 4.69) is 15.5 Å². The first-order chi connectivity index (χ1) is 20.6. The molecule has 0 spiro atoms. The van der Waals surface area contributed by atoms with Crippen molar-refractivity contribution < 1.29 is 44.1 Å². The molecular weight excluding hydrogens is 626 g/mol. The van der Waals surface area contributed by atoms with Crippen LogP contribution in [0.3, 0.4) is 0 Å². The van der Waals surface area contributed by atoms with Gasteiger partial charge in [0.05, 0.1) is 21.5 Å². The summed E-state index contributed by atoms with van der Waals surface area (Å²) < 4.78 is 0. The number of nitrogens with zero attached hydrogens (tertiary/aromatic N) is 5. The zero-order chi connectivity index (χ0) is 32.5. The highest BCUT2D eigenvalue weighted by Gasteiger charge is 2.54. The molecule has 5 N–H and O–H groups in total. The number of amides is 2. The van der Waals surface area contributed by atoms with Crippen molar-refractivity contribution in [2.24, 2.45) is 5.16 Å². The molecule has 1 aromatic carbocycles. The van der Waals surface area contributed by atoms with Crippen molar-refractivity contribution in [3.63, 3.8) is 0 Å². The number of aliphatic carboxylic acids is 2. The number of anilines is 1. The van der Waals surface area contributed by atoms with Crippen LogP contribution in [0.5, 0.6) is 0 Å². The van der Waals surface area contributed by atoms with Gasteiger partial charge in [-0.1, -0.05) is 11.2 Å². The number of nitro groups is 2. The minimum absolute atomic E-state index is 0.0131. The van der Waals surface area contributed by atoms with Gasteiger partial charge in [0.25, 0.3) is 23.2 Å². The second-order valence-corrected chi connectivity index (χ2v) is 11.5. The minimum Gasteiger partial charge on any atom is -0.478 e. The smallest absolute Gasteiger partial charge is 0.352 e. The summed E-state index contributed by atoms with van der Waals surface area (Å²) in [6.45, 7) is 2.39. The van der Waals surface area contributed by atoms with Gasteiger partial charge in [-0.05, 0) is 31.6 Å². The molecule has 44 heavy (non-hydrogen) atoms. The molecule has 4 rings (SSSR count). The second-order valence-electron chi connectivity index (χ2n) is 9.55. The number of nitro benzene ring substituents is 2. The van der Waals surface area contributed by atoms with Gasteiger partial charge in [-0.2, -0.15) is 0 Å². The number of thiazole rings is 1. The van der Waals surface area contributed by atoms with Gasteiger partial charge < -0.3 is 26.1 Å². The number of rotatable bonds is 11. The number of thioether (sulfide) groups is 1. The Morgan fingerprint density at radius 3 is 2.50 bits per heavy atom. The number of carboxylic acids is 2. The molecule has 1 fully saturated rings. The number of oxime groups is 1. The highest BCUT2D eigenvalue weighted by atomic mass is 32.2. The standard InChI is InChI=1S/C24H21N7O11S2/c1-24(2,22(36)37)42-28-15(13-9-44-23(25)26-13)18(32)27-16-19(33)29-17(21(34)35)11(8-43-20(16)29)4-3-10-5-6-12(30(38)39)7-14(10)31(40)41/h3-7,9,16,20H,8H2,1-2H3,(H2,25,26)(H,27,32)(H,34,35)(H,36,37)/b4-3?,28-15-/t16-,20-/m1/s1. The molecule has 1 saturated heterocycles. The Labute approximate surface area is 254 Å². The average Bonchev–Trinajstić information content (AvgIpc) is 3.39. The van der Waals surface area contributed by atoms with Crippen molar-refractivity contribution in [1.29, 1.82) is 0 Å². The maximum atomic E-state index is 13.2. The van der Waals surface area contributed by atoms with E-state index in [9.17, 15) is 49.6 Å². The number of benzene rings is 1. The molecule has 0 radical (unpaired) electrons. The normalized spacial score (nSPS) is 18.5. The van der Waals surface area contributed by atoms with E-state index < -0.39 is 73.4 Å². The number of carboxylic acid groups (broad SMARTS) is 2. The number of nitrogens with one attached hydrogen (secondary N) is 1. The Kier molecular flexibility index (Phi) is 8.67. The number of hydrogen-bond donors (Lipinski definition) is 4. The van der Waals surface area contributed by atoms with Crippen molar-refractivity contribution in [1.82, 2.24) is 15.2 Å². The van der Waals surface area contributed by atoms with E-state index >= 15 is 0 Å². The van der Waals surface area contributed by atoms with Crippen LogP contribution in [0.1, 0.15) is 25.1 Å². The van der Waals surface area contributed by atoms with Crippen LogP contribution in [0.25, 0.3) is 6.08 Å². The number of β-lactam (4-membered cyclic amide) rings is 1. The Bertz CT molecular complexity index is 1700. The first kappa shape index (κ1) is 31.6. The van der Waals surface area contributed by atoms with E-state index in [0.29, 0.717) is 0 Å². The number of allylic oxidation sites excluding steroid dienone is 1. The lowest BCUT2D eigenvalue weighted by atomic mass is 10.0. The third kappa shape index (κ3) is 6.20. The summed E-state index contributed by atoms with van der Waals surface area (Å²) >= 11 is 2.06. The molecule has 0 unspecified atom stereocenters. The number of nitrogens with two attached hydrogens (primary N) is 1. The molecule has 3 heterocycles. The predicted molar refractivity (Wildman–Crippen MR) is 154 cm³/mol. The molecule has 2 atom stereocenters. The lowest BCUT2D eigenvalue weighted by Gasteiger charge is -2.49. The van der Waals surface area contributed by atoms with Gasteiger partial charge in [0, 0.05) is 17.2 Å². The molecule has 2 aliphatic heterocycles. The maximum Gasteiger partial charge on any atom is 0.352 e. The number of hydrogen-bond acceptors (Lipinski definition) is 14. The van der Waals surface area contributed by atoms with Crippen molar-refractivity contribution >= 4 is 75.1 Å². The molecule has 0 saturated carbocycles. The second kappa shape index (κ2) is 12.1. The van der Waals surface area contributed by atoms with Gasteiger partial charge in [-0.3, -0.25) is 34.7 Å². The summed E-state index contributed by atoms with van der Waals surface area (Å²) in [5.74, 6) is -4.59. The molecule has 230 valence electrons. The third-order valence-electron chi connectivity index (χ3n) is 6.23. The Morgan fingerprint density at radius 2 is 1.93 bits per heavy atom. The van der Waals surface area contributed by atoms with Crippen LogP contribution in [0.15, 0.2) is 46.1 Å². The van der Waals surface area contributed by atoms with Gasteiger partial charge in [-0.25, -0.2) is 14.6 Å². The molecular formula is C24H21N7O11S2. The monoisotopic (exact) mass is 647 g/mol. The average molecular weight is 648 g/mol. The van der Waals surface area contributed by atoms with Gasteiger partial charge in [0.2, 0.25) is 5.60 Å². The third-order valence-corrected chi connectivity index (χ3v) is 8.21. The topological polar surface area (TPSA) is 271 Å². The van der Waals surface area contributed by atoms with E-state index in [0.717, 1.165) is 46.2 Å². The zero-order valence-corrected chi connectivity index (χ0v) is 24.2. The lowest BCUT2D eigenvalue weighted by molar-refractivity contribution is -0.394. The maximum absolute atomic E-state index is 13.2. The SMILES string of the molecule is CC(C)(O/N=C(\C(=O)N[C@@H]1C(=O)N2C(C(=O)O)=C(C=Cc3ccc([N+](=O)[O-])cc3[N+](=O)[O-])CS[C@H]12)c1csc(N)n1)C(=O)O. The van der Waals surface area contributed by atoms with E-state index in [1.54, 1.807) is 0 Å². The molecule has 2 aromatic rings. The molecule has 20 heteroatoms. The number of fused-ring (bicyclic) bond motifs is 1. The van der Waals surface area contributed by atoms with E-state index in [1.807, 2.05) is 0 Å². The highest BCUT2D eigenvalue weighted by molar-refractivity contribution is 8.00. The fourth-order valence-corrected chi connectivity index (χ4v) is 5.78. The van der Waals surface area contributed by atoms with Crippen LogP contribution >= 0.6 is 23.1 Å². The number of non-ortho nitro benzene ring substituents is 1. The lowest BCUT2D eigenvalue weighted by Crippen LogP contribution is -2.71. The fourth-order valence-electron chi connectivity index (χ4n) is 3.92. The van der Waals surface area contributed by atoms with Gasteiger partial charge >= 0.3 is 11.9 Å². The number of aromatic nitrogens is 1. The molecule has 2 aliphatic rings. The number of carbonyl (C=O) groups excluding carboxylic acids is 2. The van der Waals surface area contributed by atoms with Crippen LogP contribution in [0.4, 0.5) is 16.5 Å². The summed E-state index contributed by atoms with van der Waals surface area (Å²) in [6.07, 6.45) is 2.48. The summed E-state index contributed by atoms with van der Waals surface area (Å²) in [4.78, 5) is 80.7. The van der Waals surface area contributed by atoms with Crippen LogP contribution in [-0.4, -0.2) is 82.2 Å². The van der Waals surface area contributed by atoms with Gasteiger partial charge in [0.15, 0.2) is 10.8 Å². The summed E-state index contributed by atoms with van der Waals surface area (Å²) in [5.41, 5.74) is 1.89. The zero-order valence-electron chi connectivity index (χ0n) is 22.5. The Balaban J connectivity index is 1.58. The minimum atomic E-state index is -1.82. The predicted octanol–water partition coefficient (Wildman–Crippen LogP) is 1.58. The summed E-state index contributed by atoms with van der Waals surface area (Å²) in [7, 11) is 0. The Hall–Kier alpha value is -5.37. The molecule has 18 nitrogen and oxygen atoms in total. The first-order valence-electron chi connectivity index (χ1n) is 12.2. The fraction of sp³-hybridized carbons (Fsp3) is 0.250. The van der Waals surface area contributed by atoms with Gasteiger partial charge in [0.1, 0.15) is 22.8 Å². The molecule has 0 bridgehead atoms. The van der Waals surface area contributed by atoms with Crippen LogP contribution in [0, 0.1) is 20.2 Å². The van der Waals surface area contributed by atoms with E-state index in [-0.39, 0.29) is 27.7 Å². The quantitative estimate of drug-likeness (QED) is 0.117. The summed E-state index contributed by atoms with van der Waals surface area (Å²) in [5, 5.41) is 48.4. The van der Waals surface area contributed by atoms with Crippen molar-refractivity contribution in [3.05, 3.63) is 72.4 Å². The summed E-state index contributed by atoms with van der Waals surface area (Å²) in [6, 6.07) is 1.76. The molecule has 0 aliphatic carbocycles.